The van der Waals surface area contributed by atoms with Crippen LogP contribution in [0, 0.1) is 5.92 Å². The molecule has 0 spiro atoms. The fourth-order valence-electron chi connectivity index (χ4n) is 2.02. The van der Waals surface area contributed by atoms with Crippen molar-refractivity contribution in [1.29, 1.82) is 0 Å². The summed E-state index contributed by atoms with van der Waals surface area (Å²) in [6.07, 6.45) is 0.645. The number of amides is 1. The molecule has 1 unspecified atom stereocenters. The second-order valence-corrected chi connectivity index (χ2v) is 4.84. The standard InChI is InChI=1S/C12H15ClN2O/c1-8-4-12(16)15(6-8)7-9-2-3-10(14)5-11(9)13/h2-3,5,8H,4,6-7,14H2,1H3. The van der Waals surface area contributed by atoms with Crippen LogP contribution in [-0.4, -0.2) is 17.4 Å². The molecule has 86 valence electrons. The minimum absolute atomic E-state index is 0.209. The maximum atomic E-state index is 11.6. The Balaban J connectivity index is 2.12. The van der Waals surface area contributed by atoms with E-state index in [4.69, 9.17) is 17.3 Å². The molecule has 3 nitrogen and oxygen atoms in total. The number of hydrogen-bond donors (Lipinski definition) is 1. The minimum Gasteiger partial charge on any atom is -0.399 e. The van der Waals surface area contributed by atoms with Gasteiger partial charge in [0.1, 0.15) is 0 Å². The molecule has 16 heavy (non-hydrogen) atoms. The summed E-state index contributed by atoms with van der Waals surface area (Å²) >= 11 is 6.07. The Bertz CT molecular complexity index is 419. The zero-order valence-electron chi connectivity index (χ0n) is 9.24. The molecule has 0 saturated carbocycles. The minimum atomic E-state index is 0.209. The van der Waals surface area contributed by atoms with Crippen molar-refractivity contribution in [3.05, 3.63) is 28.8 Å². The van der Waals surface area contributed by atoms with Gasteiger partial charge in [-0.15, -0.1) is 0 Å². The first-order valence-electron chi connectivity index (χ1n) is 5.38. The van der Waals surface area contributed by atoms with Crippen LogP contribution in [0.3, 0.4) is 0 Å². The van der Waals surface area contributed by atoms with E-state index < -0.39 is 0 Å². The van der Waals surface area contributed by atoms with Gasteiger partial charge >= 0.3 is 0 Å². The van der Waals surface area contributed by atoms with Crippen LogP contribution in [0.4, 0.5) is 5.69 Å². The van der Waals surface area contributed by atoms with Gasteiger partial charge in [-0.05, 0) is 23.6 Å². The summed E-state index contributed by atoms with van der Waals surface area (Å²) in [5.74, 6) is 0.653. The van der Waals surface area contributed by atoms with Gasteiger partial charge in [-0.2, -0.15) is 0 Å². The predicted molar refractivity (Wildman–Crippen MR) is 65.1 cm³/mol. The Morgan fingerprint density at radius 1 is 1.56 bits per heavy atom. The molecule has 1 aromatic rings. The third-order valence-electron chi connectivity index (χ3n) is 2.85. The maximum absolute atomic E-state index is 11.6. The summed E-state index contributed by atoms with van der Waals surface area (Å²) in [6, 6.07) is 5.42. The Morgan fingerprint density at radius 3 is 2.88 bits per heavy atom. The maximum Gasteiger partial charge on any atom is 0.223 e. The van der Waals surface area contributed by atoms with Crippen molar-refractivity contribution in [2.75, 3.05) is 12.3 Å². The van der Waals surface area contributed by atoms with E-state index in [1.54, 1.807) is 6.07 Å². The molecule has 1 saturated heterocycles. The van der Waals surface area contributed by atoms with Crippen molar-refractivity contribution in [3.8, 4) is 0 Å². The molecule has 0 aliphatic carbocycles. The number of rotatable bonds is 2. The lowest BCUT2D eigenvalue weighted by Gasteiger charge is -2.17. The highest BCUT2D eigenvalue weighted by Crippen LogP contribution is 2.24. The average Bonchev–Trinajstić information content (AvgIpc) is 2.50. The molecule has 1 aliphatic heterocycles. The van der Waals surface area contributed by atoms with Gasteiger partial charge in [0.25, 0.3) is 0 Å². The highest BCUT2D eigenvalue weighted by molar-refractivity contribution is 6.31. The molecule has 0 radical (unpaired) electrons. The van der Waals surface area contributed by atoms with E-state index in [1.807, 2.05) is 17.0 Å². The molecular weight excluding hydrogens is 224 g/mol. The Kier molecular flexibility index (Phi) is 3.06. The smallest absolute Gasteiger partial charge is 0.223 e. The number of hydrogen-bond acceptors (Lipinski definition) is 2. The lowest BCUT2D eigenvalue weighted by Crippen LogP contribution is -2.24. The van der Waals surface area contributed by atoms with Crippen molar-refractivity contribution in [3.63, 3.8) is 0 Å². The zero-order chi connectivity index (χ0) is 11.7. The first-order valence-corrected chi connectivity index (χ1v) is 5.75. The summed E-state index contributed by atoms with van der Waals surface area (Å²) in [6.45, 7) is 3.49. The van der Waals surface area contributed by atoms with E-state index in [9.17, 15) is 4.79 Å². The summed E-state index contributed by atoms with van der Waals surface area (Å²) in [5, 5.41) is 0.632. The Labute approximate surface area is 100 Å². The molecule has 0 aromatic heterocycles. The van der Waals surface area contributed by atoms with Crippen LogP contribution in [0.1, 0.15) is 18.9 Å². The molecule has 2 rings (SSSR count). The van der Waals surface area contributed by atoms with E-state index in [0.29, 0.717) is 29.6 Å². The molecule has 1 aromatic carbocycles. The molecule has 1 amide bonds. The van der Waals surface area contributed by atoms with Crippen molar-refractivity contribution in [1.82, 2.24) is 4.90 Å². The van der Waals surface area contributed by atoms with Gasteiger partial charge in [0.2, 0.25) is 5.91 Å². The van der Waals surface area contributed by atoms with Gasteiger partial charge in [0.05, 0.1) is 0 Å². The van der Waals surface area contributed by atoms with Crippen LogP contribution in [0.15, 0.2) is 18.2 Å². The van der Waals surface area contributed by atoms with Crippen molar-refractivity contribution < 1.29 is 4.79 Å². The number of halogens is 1. The van der Waals surface area contributed by atoms with Crippen LogP contribution >= 0.6 is 11.6 Å². The number of carbonyl (C=O) groups excluding carboxylic acids is 1. The van der Waals surface area contributed by atoms with E-state index in [2.05, 4.69) is 6.92 Å². The van der Waals surface area contributed by atoms with Gasteiger partial charge in [0.15, 0.2) is 0 Å². The molecular formula is C12H15ClN2O. The topological polar surface area (TPSA) is 46.3 Å². The van der Waals surface area contributed by atoms with Gasteiger partial charge < -0.3 is 10.6 Å². The zero-order valence-corrected chi connectivity index (χ0v) is 10.00. The van der Waals surface area contributed by atoms with Crippen LogP contribution in [0.2, 0.25) is 5.02 Å². The Morgan fingerprint density at radius 2 is 2.31 bits per heavy atom. The summed E-state index contributed by atoms with van der Waals surface area (Å²) in [4.78, 5) is 13.5. The molecule has 1 heterocycles. The predicted octanol–water partition coefficient (Wildman–Crippen LogP) is 2.29. The lowest BCUT2D eigenvalue weighted by atomic mass is 10.2. The van der Waals surface area contributed by atoms with E-state index in [1.165, 1.54) is 0 Å². The average molecular weight is 239 g/mol. The number of carbonyl (C=O) groups is 1. The number of anilines is 1. The fourth-order valence-corrected chi connectivity index (χ4v) is 2.27. The molecule has 4 heteroatoms. The molecule has 1 fully saturated rings. The van der Waals surface area contributed by atoms with E-state index >= 15 is 0 Å². The van der Waals surface area contributed by atoms with Gasteiger partial charge in [-0.25, -0.2) is 0 Å². The normalized spacial score (nSPS) is 20.5. The number of nitrogens with zero attached hydrogens (tertiary/aromatic N) is 1. The number of likely N-dealkylation sites (tertiary alicyclic amines) is 1. The fraction of sp³-hybridized carbons (Fsp3) is 0.417. The number of nitrogens with two attached hydrogens (primary N) is 1. The highest BCUT2D eigenvalue weighted by Gasteiger charge is 2.26. The Hall–Kier alpha value is -1.22. The van der Waals surface area contributed by atoms with Gasteiger partial charge in [0, 0.05) is 30.2 Å². The third-order valence-corrected chi connectivity index (χ3v) is 3.20. The number of benzene rings is 1. The van der Waals surface area contributed by atoms with Crippen LogP contribution in [0.25, 0.3) is 0 Å². The summed E-state index contributed by atoms with van der Waals surface area (Å²) < 4.78 is 0. The van der Waals surface area contributed by atoms with Crippen molar-refractivity contribution >= 4 is 23.2 Å². The van der Waals surface area contributed by atoms with Gasteiger partial charge in [-0.1, -0.05) is 24.6 Å². The largest absolute Gasteiger partial charge is 0.399 e. The third kappa shape index (κ3) is 2.30. The summed E-state index contributed by atoms with van der Waals surface area (Å²) in [7, 11) is 0. The second-order valence-electron chi connectivity index (χ2n) is 4.43. The molecule has 1 aliphatic rings. The molecule has 2 N–H and O–H groups in total. The van der Waals surface area contributed by atoms with Crippen LogP contribution in [-0.2, 0) is 11.3 Å². The quantitative estimate of drug-likeness (QED) is 0.804. The summed E-state index contributed by atoms with van der Waals surface area (Å²) in [5.41, 5.74) is 7.22. The van der Waals surface area contributed by atoms with Gasteiger partial charge in [-0.3, -0.25) is 4.79 Å². The highest BCUT2D eigenvalue weighted by atomic mass is 35.5. The molecule has 0 bridgehead atoms. The number of nitrogen functional groups attached to an aromatic ring is 1. The SMILES string of the molecule is CC1CC(=O)N(Cc2ccc(N)cc2Cl)C1. The second kappa shape index (κ2) is 4.34. The van der Waals surface area contributed by atoms with E-state index in [-0.39, 0.29) is 5.91 Å². The van der Waals surface area contributed by atoms with Crippen LogP contribution < -0.4 is 5.73 Å². The van der Waals surface area contributed by atoms with E-state index in [0.717, 1.165) is 12.1 Å². The lowest BCUT2D eigenvalue weighted by molar-refractivity contribution is -0.128. The first kappa shape index (κ1) is 11.3. The van der Waals surface area contributed by atoms with Crippen LogP contribution in [0.5, 0.6) is 0 Å². The van der Waals surface area contributed by atoms with Crippen molar-refractivity contribution in [2.24, 2.45) is 5.92 Å². The first-order chi connectivity index (χ1) is 7.56. The van der Waals surface area contributed by atoms with Crippen molar-refractivity contribution in [2.45, 2.75) is 19.9 Å². The molecule has 1 atom stereocenters. The monoisotopic (exact) mass is 238 g/mol.